The molecule has 0 radical (unpaired) electrons. The fraction of sp³-hybridized carbons (Fsp3) is 0.400. The lowest BCUT2D eigenvalue weighted by Gasteiger charge is -2.20. The summed E-state index contributed by atoms with van der Waals surface area (Å²) in [4.78, 5) is 10.5. The highest BCUT2D eigenvalue weighted by molar-refractivity contribution is 7.18. The average Bonchev–Trinajstić information content (AvgIpc) is 2.53. The summed E-state index contributed by atoms with van der Waals surface area (Å²) < 4.78 is 37.2. The molecule has 98 valence electrons. The van der Waals surface area contributed by atoms with Gasteiger partial charge in [-0.25, -0.2) is 4.98 Å². The van der Waals surface area contributed by atoms with Crippen LogP contribution in [0.5, 0.6) is 0 Å². The van der Waals surface area contributed by atoms with Gasteiger partial charge in [0.2, 0.25) is 5.95 Å². The minimum absolute atomic E-state index is 0.0200. The van der Waals surface area contributed by atoms with Gasteiger partial charge in [-0.3, -0.25) is 0 Å². The smallest absolute Gasteiger partial charge is 0.368 e. The quantitative estimate of drug-likeness (QED) is 0.916. The highest BCUT2D eigenvalue weighted by atomic mass is 32.1. The summed E-state index contributed by atoms with van der Waals surface area (Å²) in [5, 5.41) is 0.596. The second-order valence-electron chi connectivity index (χ2n) is 3.95. The molecule has 0 amide bonds. The van der Waals surface area contributed by atoms with Crippen molar-refractivity contribution < 1.29 is 13.2 Å². The van der Waals surface area contributed by atoms with Gasteiger partial charge in [0.05, 0.1) is 5.39 Å². The Bertz CT molecular complexity index is 578. The molecule has 2 aromatic heterocycles. The van der Waals surface area contributed by atoms with Crippen molar-refractivity contribution in [3.8, 4) is 0 Å². The van der Waals surface area contributed by atoms with Crippen molar-refractivity contribution >= 4 is 33.3 Å². The molecule has 0 aromatic carbocycles. The fourth-order valence-corrected chi connectivity index (χ4v) is 2.56. The fourth-order valence-electron chi connectivity index (χ4n) is 1.68. The Morgan fingerprint density at radius 2 is 2.06 bits per heavy atom. The van der Waals surface area contributed by atoms with E-state index in [0.717, 1.165) is 9.78 Å². The number of hydrogen-bond donors (Lipinski definition) is 1. The van der Waals surface area contributed by atoms with Gasteiger partial charge in [-0.15, -0.1) is 11.3 Å². The maximum Gasteiger partial charge on any atom is 0.405 e. The van der Waals surface area contributed by atoms with Gasteiger partial charge < -0.3 is 10.6 Å². The molecule has 0 fully saturated rings. The lowest BCUT2D eigenvalue weighted by Crippen LogP contribution is -2.31. The zero-order chi connectivity index (χ0) is 13.5. The average molecular weight is 276 g/mol. The first-order valence-electron chi connectivity index (χ1n) is 5.08. The number of nitrogens with two attached hydrogens (primary N) is 1. The minimum atomic E-state index is -4.29. The third kappa shape index (κ3) is 2.63. The van der Waals surface area contributed by atoms with Crippen molar-refractivity contribution in [1.82, 2.24) is 9.97 Å². The molecule has 0 atom stereocenters. The van der Waals surface area contributed by atoms with Crippen LogP contribution in [-0.2, 0) is 0 Å². The summed E-state index contributed by atoms with van der Waals surface area (Å²) in [6, 6.07) is 1.77. The van der Waals surface area contributed by atoms with Gasteiger partial charge in [-0.05, 0) is 13.0 Å². The van der Waals surface area contributed by atoms with Crippen molar-refractivity contribution in [2.24, 2.45) is 0 Å². The number of rotatable bonds is 2. The molecule has 2 aromatic rings. The number of anilines is 2. The number of aromatic nitrogens is 2. The lowest BCUT2D eigenvalue weighted by atomic mass is 10.3. The summed E-state index contributed by atoms with van der Waals surface area (Å²) in [6.45, 7) is 0.781. The molecular formula is C10H11F3N4S. The lowest BCUT2D eigenvalue weighted by molar-refractivity contribution is -0.119. The van der Waals surface area contributed by atoms with E-state index in [-0.39, 0.29) is 11.8 Å². The van der Waals surface area contributed by atoms with Gasteiger partial charge in [-0.1, -0.05) is 0 Å². The van der Waals surface area contributed by atoms with Crippen LogP contribution in [0.4, 0.5) is 24.9 Å². The summed E-state index contributed by atoms with van der Waals surface area (Å²) in [7, 11) is 1.34. The van der Waals surface area contributed by atoms with Crippen LogP contribution in [0.1, 0.15) is 4.88 Å². The molecule has 0 saturated heterocycles. The zero-order valence-corrected chi connectivity index (χ0v) is 10.6. The number of nitrogen functional groups attached to an aromatic ring is 1. The third-order valence-electron chi connectivity index (χ3n) is 2.29. The van der Waals surface area contributed by atoms with Crippen LogP contribution in [0.15, 0.2) is 6.07 Å². The largest absolute Gasteiger partial charge is 0.405 e. The van der Waals surface area contributed by atoms with Crippen molar-refractivity contribution in [2.45, 2.75) is 13.1 Å². The Morgan fingerprint density at radius 1 is 1.39 bits per heavy atom. The van der Waals surface area contributed by atoms with Crippen LogP contribution in [0, 0.1) is 6.92 Å². The molecule has 0 unspecified atom stereocenters. The predicted molar refractivity (Wildman–Crippen MR) is 65.9 cm³/mol. The van der Waals surface area contributed by atoms with Gasteiger partial charge in [0.15, 0.2) is 0 Å². The van der Waals surface area contributed by atoms with E-state index < -0.39 is 12.7 Å². The van der Waals surface area contributed by atoms with Crippen molar-refractivity contribution in [3.05, 3.63) is 10.9 Å². The maximum atomic E-state index is 12.4. The molecule has 18 heavy (non-hydrogen) atoms. The monoisotopic (exact) mass is 276 g/mol. The summed E-state index contributed by atoms with van der Waals surface area (Å²) in [5.74, 6) is 0.188. The van der Waals surface area contributed by atoms with Gasteiger partial charge >= 0.3 is 6.18 Å². The van der Waals surface area contributed by atoms with E-state index in [1.165, 1.54) is 18.4 Å². The Labute approximate surface area is 105 Å². The molecule has 2 heterocycles. The summed E-state index contributed by atoms with van der Waals surface area (Å²) in [6.07, 6.45) is -4.29. The van der Waals surface area contributed by atoms with E-state index in [1.807, 2.05) is 6.92 Å². The normalized spacial score (nSPS) is 12.1. The first-order chi connectivity index (χ1) is 8.26. The summed E-state index contributed by atoms with van der Waals surface area (Å²) >= 11 is 1.38. The van der Waals surface area contributed by atoms with Crippen LogP contribution in [-0.4, -0.2) is 29.7 Å². The second-order valence-corrected chi connectivity index (χ2v) is 5.19. The zero-order valence-electron chi connectivity index (χ0n) is 9.75. The first-order valence-corrected chi connectivity index (χ1v) is 5.89. The van der Waals surface area contributed by atoms with Gasteiger partial charge in [0.1, 0.15) is 17.2 Å². The molecule has 0 aliphatic rings. The SMILES string of the molecule is Cc1cc2c(N(C)CC(F)(F)F)nc(N)nc2s1. The van der Waals surface area contributed by atoms with E-state index in [1.54, 1.807) is 6.07 Å². The first kappa shape index (κ1) is 12.9. The number of hydrogen-bond acceptors (Lipinski definition) is 5. The van der Waals surface area contributed by atoms with Crippen LogP contribution >= 0.6 is 11.3 Å². The Balaban J connectivity index is 2.49. The molecule has 0 saturated carbocycles. The van der Waals surface area contributed by atoms with Crippen molar-refractivity contribution in [2.75, 3.05) is 24.2 Å². The number of halogens is 3. The number of thiophene rings is 1. The molecule has 4 nitrogen and oxygen atoms in total. The Kier molecular flexibility index (Phi) is 3.05. The molecule has 2 N–H and O–H groups in total. The number of alkyl halides is 3. The van der Waals surface area contributed by atoms with Crippen LogP contribution < -0.4 is 10.6 Å². The Hall–Kier alpha value is -1.57. The second kappa shape index (κ2) is 4.27. The van der Waals surface area contributed by atoms with Crippen LogP contribution in [0.2, 0.25) is 0 Å². The van der Waals surface area contributed by atoms with E-state index in [0.29, 0.717) is 10.2 Å². The van der Waals surface area contributed by atoms with Crippen LogP contribution in [0.3, 0.4) is 0 Å². The molecule has 0 aliphatic carbocycles. The molecule has 0 bridgehead atoms. The van der Waals surface area contributed by atoms with Gasteiger partial charge in [-0.2, -0.15) is 18.2 Å². The Morgan fingerprint density at radius 3 is 2.67 bits per heavy atom. The van der Waals surface area contributed by atoms with Gasteiger partial charge in [0, 0.05) is 11.9 Å². The molecular weight excluding hydrogens is 265 g/mol. The molecule has 8 heteroatoms. The predicted octanol–water partition coefficient (Wildman–Crippen LogP) is 2.58. The standard InChI is InChI=1S/C10H11F3N4S/c1-5-3-6-7(17(2)4-10(11,12)13)15-9(14)16-8(6)18-5/h3H,4H2,1-2H3,(H2,14,15,16). The van der Waals surface area contributed by atoms with Crippen LogP contribution in [0.25, 0.3) is 10.2 Å². The number of fused-ring (bicyclic) bond motifs is 1. The van der Waals surface area contributed by atoms with E-state index in [9.17, 15) is 13.2 Å². The summed E-state index contributed by atoms with van der Waals surface area (Å²) in [5.41, 5.74) is 5.51. The highest BCUT2D eigenvalue weighted by Crippen LogP contribution is 2.31. The maximum absolute atomic E-state index is 12.4. The van der Waals surface area contributed by atoms with Crippen molar-refractivity contribution in [3.63, 3.8) is 0 Å². The molecule has 2 rings (SSSR count). The van der Waals surface area contributed by atoms with E-state index in [4.69, 9.17) is 5.73 Å². The highest BCUT2D eigenvalue weighted by Gasteiger charge is 2.30. The number of nitrogens with zero attached hydrogens (tertiary/aromatic N) is 3. The third-order valence-corrected chi connectivity index (χ3v) is 3.24. The minimum Gasteiger partial charge on any atom is -0.368 e. The molecule has 0 aliphatic heterocycles. The number of aryl methyl sites for hydroxylation is 1. The topological polar surface area (TPSA) is 55.0 Å². The van der Waals surface area contributed by atoms with E-state index >= 15 is 0 Å². The van der Waals surface area contributed by atoms with Crippen molar-refractivity contribution in [1.29, 1.82) is 0 Å². The molecule has 0 spiro atoms. The van der Waals surface area contributed by atoms with Gasteiger partial charge in [0.25, 0.3) is 0 Å². The van der Waals surface area contributed by atoms with E-state index in [2.05, 4.69) is 9.97 Å².